The molecule has 0 saturated heterocycles. The molecule has 3 N–H and O–H groups in total. The number of carboxylic acid groups (broad SMARTS) is 1. The highest BCUT2D eigenvalue weighted by molar-refractivity contribution is 6.30. The summed E-state index contributed by atoms with van der Waals surface area (Å²) in [7, 11) is 0. The highest BCUT2D eigenvalue weighted by Gasteiger charge is 2.20. The number of benzene rings is 3. The fraction of sp³-hybridized carbons (Fsp3) is 0.160. The van der Waals surface area contributed by atoms with Crippen molar-refractivity contribution in [2.45, 2.75) is 25.6 Å². The lowest BCUT2D eigenvalue weighted by molar-refractivity contribution is -0.139. The quantitative estimate of drug-likeness (QED) is 0.339. The Labute approximate surface area is 185 Å². The van der Waals surface area contributed by atoms with E-state index in [4.69, 9.17) is 16.3 Å². The number of rotatable bonds is 9. The van der Waals surface area contributed by atoms with E-state index in [9.17, 15) is 9.90 Å². The third kappa shape index (κ3) is 5.26. The predicted molar refractivity (Wildman–Crippen MR) is 122 cm³/mol. The zero-order valence-electron chi connectivity index (χ0n) is 16.8. The van der Waals surface area contributed by atoms with Gasteiger partial charge in [-0.1, -0.05) is 60.1 Å². The zero-order chi connectivity index (χ0) is 21.6. The number of para-hydroxylation sites is 2. The highest BCUT2D eigenvalue weighted by atomic mass is 35.5. The van der Waals surface area contributed by atoms with E-state index in [1.807, 2.05) is 79.0 Å². The molecule has 6 heteroatoms. The summed E-state index contributed by atoms with van der Waals surface area (Å²) < 4.78 is 5.98. The fourth-order valence-electron chi connectivity index (χ4n) is 3.53. The largest absolute Gasteiger partial charge is 0.489 e. The summed E-state index contributed by atoms with van der Waals surface area (Å²) >= 11 is 5.93. The van der Waals surface area contributed by atoms with E-state index >= 15 is 0 Å². The van der Waals surface area contributed by atoms with Crippen LogP contribution in [0.3, 0.4) is 0 Å². The molecule has 3 aromatic carbocycles. The maximum Gasteiger partial charge on any atom is 0.321 e. The van der Waals surface area contributed by atoms with Gasteiger partial charge in [0.05, 0.1) is 0 Å². The second kappa shape index (κ2) is 9.69. The molecular formula is C25H23ClN2O3. The third-order valence-corrected chi connectivity index (χ3v) is 5.47. The lowest BCUT2D eigenvalue weighted by atomic mass is 10.0. The van der Waals surface area contributed by atoms with Crippen LogP contribution in [0.4, 0.5) is 0 Å². The minimum Gasteiger partial charge on any atom is -0.489 e. The number of carbonyl (C=O) groups is 1. The van der Waals surface area contributed by atoms with Gasteiger partial charge in [-0.2, -0.15) is 0 Å². The number of ether oxygens (including phenoxy) is 1. The Bertz CT molecular complexity index is 1170. The molecule has 0 aliphatic heterocycles. The molecule has 0 amide bonds. The van der Waals surface area contributed by atoms with Crippen molar-refractivity contribution >= 4 is 28.5 Å². The molecule has 1 heterocycles. The van der Waals surface area contributed by atoms with Crippen LogP contribution in [0.1, 0.15) is 16.7 Å². The van der Waals surface area contributed by atoms with Crippen LogP contribution in [-0.4, -0.2) is 22.1 Å². The van der Waals surface area contributed by atoms with E-state index < -0.39 is 12.0 Å². The Balaban J connectivity index is 1.43. The van der Waals surface area contributed by atoms with E-state index in [2.05, 4.69) is 10.3 Å². The number of aromatic nitrogens is 1. The van der Waals surface area contributed by atoms with Gasteiger partial charge in [0, 0.05) is 40.7 Å². The van der Waals surface area contributed by atoms with E-state index in [0.717, 1.165) is 33.3 Å². The summed E-state index contributed by atoms with van der Waals surface area (Å²) in [6.07, 6.45) is 2.26. The average Bonchev–Trinajstić information content (AvgIpc) is 3.19. The standard InChI is InChI=1S/C25H23ClN2O3/c26-20-11-9-17(10-12-20)16-31-24-8-4-1-5-18(24)14-28-23(25(29)30)13-19-15-27-22-7-3-2-6-21(19)22/h1-12,15,23,27-28H,13-14,16H2,(H,29,30)/t23-/m0/s1. The monoisotopic (exact) mass is 434 g/mol. The SMILES string of the molecule is O=C(O)[C@H](Cc1c[nH]c2ccccc12)NCc1ccccc1OCc1ccc(Cl)cc1. The molecule has 0 bridgehead atoms. The summed E-state index contributed by atoms with van der Waals surface area (Å²) in [6, 6.07) is 22.3. The second-order valence-electron chi connectivity index (χ2n) is 7.36. The average molecular weight is 435 g/mol. The minimum atomic E-state index is -0.884. The van der Waals surface area contributed by atoms with Crippen LogP contribution in [0.2, 0.25) is 5.02 Å². The maximum absolute atomic E-state index is 11.9. The lowest BCUT2D eigenvalue weighted by Gasteiger charge is -2.16. The molecule has 0 aliphatic rings. The number of halogens is 1. The van der Waals surface area contributed by atoms with Crippen LogP contribution in [0, 0.1) is 0 Å². The maximum atomic E-state index is 11.9. The first kappa shape index (κ1) is 21.0. The van der Waals surface area contributed by atoms with Gasteiger partial charge in [0.15, 0.2) is 0 Å². The normalized spacial score (nSPS) is 12.0. The first-order valence-electron chi connectivity index (χ1n) is 10.1. The van der Waals surface area contributed by atoms with Gasteiger partial charge in [-0.15, -0.1) is 0 Å². The smallest absolute Gasteiger partial charge is 0.321 e. The van der Waals surface area contributed by atoms with Crippen LogP contribution >= 0.6 is 11.6 Å². The van der Waals surface area contributed by atoms with Crippen LogP contribution < -0.4 is 10.1 Å². The summed E-state index contributed by atoms with van der Waals surface area (Å²) in [4.78, 5) is 15.1. The molecule has 1 atom stereocenters. The second-order valence-corrected chi connectivity index (χ2v) is 7.79. The Morgan fingerprint density at radius 2 is 1.74 bits per heavy atom. The molecule has 4 rings (SSSR count). The van der Waals surface area contributed by atoms with Crippen LogP contribution in [0.25, 0.3) is 10.9 Å². The Morgan fingerprint density at radius 1 is 1.00 bits per heavy atom. The van der Waals surface area contributed by atoms with E-state index in [1.165, 1.54) is 0 Å². The number of H-pyrrole nitrogens is 1. The van der Waals surface area contributed by atoms with E-state index in [0.29, 0.717) is 24.6 Å². The van der Waals surface area contributed by atoms with Crippen LogP contribution in [-0.2, 0) is 24.4 Å². The van der Waals surface area contributed by atoms with Gasteiger partial charge >= 0.3 is 5.97 Å². The van der Waals surface area contributed by atoms with Gasteiger partial charge in [0.2, 0.25) is 0 Å². The first-order chi connectivity index (χ1) is 15.1. The van der Waals surface area contributed by atoms with Crippen LogP contribution in [0.15, 0.2) is 79.0 Å². The fourth-order valence-corrected chi connectivity index (χ4v) is 3.66. The Morgan fingerprint density at radius 3 is 2.55 bits per heavy atom. The van der Waals surface area contributed by atoms with Crippen molar-refractivity contribution in [2.24, 2.45) is 0 Å². The molecule has 5 nitrogen and oxygen atoms in total. The molecule has 0 radical (unpaired) electrons. The van der Waals surface area contributed by atoms with Gasteiger partial charge in [-0.05, 0) is 35.4 Å². The molecule has 0 unspecified atom stereocenters. The van der Waals surface area contributed by atoms with Crippen molar-refractivity contribution in [1.29, 1.82) is 0 Å². The number of fused-ring (bicyclic) bond motifs is 1. The van der Waals surface area contributed by atoms with Gasteiger partial charge in [-0.3, -0.25) is 10.1 Å². The van der Waals surface area contributed by atoms with Gasteiger partial charge in [-0.25, -0.2) is 0 Å². The number of hydrogen-bond donors (Lipinski definition) is 3. The Kier molecular flexibility index (Phi) is 6.55. The van der Waals surface area contributed by atoms with E-state index in [1.54, 1.807) is 0 Å². The summed E-state index contributed by atoms with van der Waals surface area (Å²) in [5, 5.41) is 14.7. The van der Waals surface area contributed by atoms with Crippen molar-refractivity contribution in [3.63, 3.8) is 0 Å². The molecule has 0 saturated carbocycles. The van der Waals surface area contributed by atoms with Gasteiger partial charge < -0.3 is 14.8 Å². The zero-order valence-corrected chi connectivity index (χ0v) is 17.6. The van der Waals surface area contributed by atoms with Gasteiger partial charge in [0.1, 0.15) is 18.4 Å². The molecule has 1 aromatic heterocycles. The lowest BCUT2D eigenvalue weighted by Crippen LogP contribution is -2.38. The Hall–Kier alpha value is -3.28. The number of nitrogens with one attached hydrogen (secondary N) is 2. The molecule has 0 spiro atoms. The summed E-state index contributed by atoms with van der Waals surface area (Å²) in [5.41, 5.74) is 3.89. The summed E-state index contributed by atoms with van der Waals surface area (Å²) in [6.45, 7) is 0.794. The molecule has 31 heavy (non-hydrogen) atoms. The summed E-state index contributed by atoms with van der Waals surface area (Å²) in [5.74, 6) is -0.161. The van der Waals surface area contributed by atoms with E-state index in [-0.39, 0.29) is 0 Å². The van der Waals surface area contributed by atoms with Crippen molar-refractivity contribution in [3.05, 3.63) is 101 Å². The number of aromatic amines is 1. The van der Waals surface area contributed by atoms with Crippen LogP contribution in [0.5, 0.6) is 5.75 Å². The number of carboxylic acids is 1. The van der Waals surface area contributed by atoms with Crippen molar-refractivity contribution in [3.8, 4) is 5.75 Å². The predicted octanol–water partition coefficient (Wildman–Crippen LogP) is 5.19. The third-order valence-electron chi connectivity index (χ3n) is 5.22. The molecule has 4 aromatic rings. The van der Waals surface area contributed by atoms with Crippen molar-refractivity contribution in [2.75, 3.05) is 0 Å². The molecule has 158 valence electrons. The molecule has 0 fully saturated rings. The van der Waals surface area contributed by atoms with Crippen molar-refractivity contribution in [1.82, 2.24) is 10.3 Å². The minimum absolute atomic E-state index is 0.382. The molecular weight excluding hydrogens is 412 g/mol. The van der Waals surface area contributed by atoms with Crippen molar-refractivity contribution < 1.29 is 14.6 Å². The number of hydrogen-bond acceptors (Lipinski definition) is 3. The first-order valence-corrected chi connectivity index (χ1v) is 10.4. The molecule has 0 aliphatic carbocycles. The highest BCUT2D eigenvalue weighted by Crippen LogP contribution is 2.22. The number of aliphatic carboxylic acids is 1. The topological polar surface area (TPSA) is 74.3 Å². The van der Waals surface area contributed by atoms with Gasteiger partial charge in [0.25, 0.3) is 0 Å².